The molecular formula is C14H12F2N4O. The predicted octanol–water partition coefficient (Wildman–Crippen LogP) is 2.58. The van der Waals surface area contributed by atoms with Crippen LogP contribution in [0.3, 0.4) is 0 Å². The SMILES string of the molecule is O=C(Nc1ccc(F)cc1F)c1ccc(NC2CC2)nn1. The number of rotatable bonds is 4. The maximum atomic E-state index is 13.4. The number of carbonyl (C=O) groups excluding carboxylic acids is 1. The lowest BCUT2D eigenvalue weighted by atomic mass is 10.2. The molecule has 1 aromatic carbocycles. The number of benzene rings is 1. The number of anilines is 2. The highest BCUT2D eigenvalue weighted by Gasteiger charge is 2.21. The molecule has 7 heteroatoms. The van der Waals surface area contributed by atoms with E-state index in [0.29, 0.717) is 17.9 Å². The summed E-state index contributed by atoms with van der Waals surface area (Å²) in [6.45, 7) is 0. The van der Waals surface area contributed by atoms with Crippen LogP contribution in [0.4, 0.5) is 20.3 Å². The average molecular weight is 290 g/mol. The second-order valence-corrected chi connectivity index (χ2v) is 4.80. The number of nitrogens with one attached hydrogen (secondary N) is 2. The number of amides is 1. The van der Waals surface area contributed by atoms with Gasteiger partial charge in [-0.3, -0.25) is 4.79 Å². The van der Waals surface area contributed by atoms with E-state index < -0.39 is 17.5 Å². The Bertz CT molecular complexity index is 671. The zero-order valence-electron chi connectivity index (χ0n) is 10.9. The fourth-order valence-electron chi connectivity index (χ4n) is 1.74. The molecule has 1 saturated carbocycles. The van der Waals surface area contributed by atoms with Crippen molar-refractivity contribution < 1.29 is 13.6 Å². The van der Waals surface area contributed by atoms with Gasteiger partial charge < -0.3 is 10.6 Å². The van der Waals surface area contributed by atoms with Gasteiger partial charge >= 0.3 is 0 Å². The minimum atomic E-state index is -0.844. The molecule has 1 amide bonds. The van der Waals surface area contributed by atoms with Crippen LogP contribution in [0.15, 0.2) is 30.3 Å². The number of hydrogen-bond acceptors (Lipinski definition) is 4. The smallest absolute Gasteiger partial charge is 0.276 e. The Morgan fingerprint density at radius 3 is 2.57 bits per heavy atom. The van der Waals surface area contributed by atoms with Crippen LogP contribution in [0.5, 0.6) is 0 Å². The quantitative estimate of drug-likeness (QED) is 0.908. The van der Waals surface area contributed by atoms with Crippen molar-refractivity contribution in [2.24, 2.45) is 0 Å². The van der Waals surface area contributed by atoms with Crippen LogP contribution in [0, 0.1) is 11.6 Å². The van der Waals surface area contributed by atoms with Gasteiger partial charge in [-0.1, -0.05) is 0 Å². The Morgan fingerprint density at radius 1 is 1.14 bits per heavy atom. The molecule has 3 rings (SSSR count). The van der Waals surface area contributed by atoms with Crippen LogP contribution < -0.4 is 10.6 Å². The summed E-state index contributed by atoms with van der Waals surface area (Å²) in [7, 11) is 0. The molecule has 0 saturated heterocycles. The van der Waals surface area contributed by atoms with Crippen molar-refractivity contribution in [1.29, 1.82) is 0 Å². The van der Waals surface area contributed by atoms with Gasteiger partial charge in [0.1, 0.15) is 17.5 Å². The molecule has 0 atom stereocenters. The van der Waals surface area contributed by atoms with E-state index in [1.54, 1.807) is 6.07 Å². The summed E-state index contributed by atoms with van der Waals surface area (Å²) in [5, 5.41) is 13.1. The third-order valence-corrected chi connectivity index (χ3v) is 3.01. The van der Waals surface area contributed by atoms with E-state index >= 15 is 0 Å². The maximum absolute atomic E-state index is 13.4. The van der Waals surface area contributed by atoms with Gasteiger partial charge in [-0.05, 0) is 37.1 Å². The molecule has 1 fully saturated rings. The number of hydrogen-bond donors (Lipinski definition) is 2. The highest BCUT2D eigenvalue weighted by Crippen LogP contribution is 2.23. The van der Waals surface area contributed by atoms with E-state index in [1.807, 2.05) is 0 Å². The first kappa shape index (κ1) is 13.4. The lowest BCUT2D eigenvalue weighted by molar-refractivity contribution is 0.102. The molecule has 0 aliphatic heterocycles. The molecule has 0 radical (unpaired) electrons. The lowest BCUT2D eigenvalue weighted by Gasteiger charge is -2.06. The van der Waals surface area contributed by atoms with Gasteiger partial charge in [0, 0.05) is 12.1 Å². The van der Waals surface area contributed by atoms with Gasteiger partial charge in [-0.2, -0.15) is 0 Å². The van der Waals surface area contributed by atoms with Crippen molar-refractivity contribution >= 4 is 17.4 Å². The van der Waals surface area contributed by atoms with E-state index in [4.69, 9.17) is 0 Å². The second kappa shape index (κ2) is 5.43. The average Bonchev–Trinajstić information content (AvgIpc) is 3.26. The molecule has 2 N–H and O–H groups in total. The Kier molecular flexibility index (Phi) is 3.47. The molecule has 21 heavy (non-hydrogen) atoms. The minimum Gasteiger partial charge on any atom is -0.366 e. The standard InChI is InChI=1S/C14H12F2N4O/c15-8-1-4-11(10(16)7-8)18-14(21)12-5-6-13(20-19-12)17-9-2-3-9/h1,4-7,9H,2-3H2,(H,17,20)(H,18,21). The molecule has 0 unspecified atom stereocenters. The van der Waals surface area contributed by atoms with E-state index in [9.17, 15) is 13.6 Å². The minimum absolute atomic E-state index is 0.0556. The summed E-state index contributed by atoms with van der Waals surface area (Å²) in [4.78, 5) is 11.9. The van der Waals surface area contributed by atoms with Crippen LogP contribution in [-0.2, 0) is 0 Å². The van der Waals surface area contributed by atoms with E-state index in [1.165, 1.54) is 6.07 Å². The molecule has 2 aromatic rings. The normalized spacial score (nSPS) is 13.8. The molecule has 1 heterocycles. The third-order valence-electron chi connectivity index (χ3n) is 3.01. The summed E-state index contributed by atoms with van der Waals surface area (Å²) in [5.41, 5.74) is -0.0524. The largest absolute Gasteiger partial charge is 0.366 e. The van der Waals surface area contributed by atoms with Crippen molar-refractivity contribution in [2.45, 2.75) is 18.9 Å². The first-order valence-corrected chi connectivity index (χ1v) is 6.48. The van der Waals surface area contributed by atoms with Crippen LogP contribution in [0.1, 0.15) is 23.3 Å². The lowest BCUT2D eigenvalue weighted by Crippen LogP contribution is -2.16. The zero-order valence-corrected chi connectivity index (χ0v) is 10.9. The van der Waals surface area contributed by atoms with Crippen LogP contribution in [0.25, 0.3) is 0 Å². The second-order valence-electron chi connectivity index (χ2n) is 4.80. The maximum Gasteiger partial charge on any atom is 0.276 e. The van der Waals surface area contributed by atoms with Crippen LogP contribution in [-0.4, -0.2) is 22.1 Å². The number of nitrogens with zero attached hydrogens (tertiary/aromatic N) is 2. The van der Waals surface area contributed by atoms with Gasteiger partial charge in [0.2, 0.25) is 0 Å². The van der Waals surface area contributed by atoms with Gasteiger partial charge in [0.15, 0.2) is 5.69 Å². The Balaban J connectivity index is 1.69. The van der Waals surface area contributed by atoms with Gasteiger partial charge in [-0.25, -0.2) is 8.78 Å². The fourth-order valence-corrected chi connectivity index (χ4v) is 1.74. The molecule has 1 aromatic heterocycles. The molecule has 5 nitrogen and oxygen atoms in total. The van der Waals surface area contributed by atoms with Crippen LogP contribution >= 0.6 is 0 Å². The Hall–Kier alpha value is -2.57. The predicted molar refractivity (Wildman–Crippen MR) is 73.0 cm³/mol. The molecular weight excluding hydrogens is 278 g/mol. The fraction of sp³-hybridized carbons (Fsp3) is 0.214. The van der Waals surface area contributed by atoms with Gasteiger partial charge in [-0.15, -0.1) is 10.2 Å². The molecule has 0 bridgehead atoms. The van der Waals surface area contributed by atoms with Gasteiger partial charge in [0.05, 0.1) is 5.69 Å². The molecule has 108 valence electrons. The number of carbonyl (C=O) groups is 1. The Labute approximate surface area is 119 Å². The summed E-state index contributed by atoms with van der Waals surface area (Å²) < 4.78 is 26.2. The van der Waals surface area contributed by atoms with Crippen LogP contribution in [0.2, 0.25) is 0 Å². The summed E-state index contributed by atoms with van der Waals surface area (Å²) in [6.07, 6.45) is 2.21. The van der Waals surface area contributed by atoms with Crippen molar-refractivity contribution in [2.75, 3.05) is 10.6 Å². The van der Waals surface area contributed by atoms with E-state index in [0.717, 1.165) is 25.0 Å². The highest BCUT2D eigenvalue weighted by atomic mass is 19.1. The molecule has 0 spiro atoms. The monoisotopic (exact) mass is 290 g/mol. The van der Waals surface area contributed by atoms with E-state index in [-0.39, 0.29) is 11.4 Å². The summed E-state index contributed by atoms with van der Waals surface area (Å²) in [6, 6.07) is 6.48. The summed E-state index contributed by atoms with van der Waals surface area (Å²) >= 11 is 0. The van der Waals surface area contributed by atoms with Crippen molar-refractivity contribution in [3.05, 3.63) is 47.7 Å². The Morgan fingerprint density at radius 2 is 1.95 bits per heavy atom. The van der Waals surface area contributed by atoms with Crippen molar-refractivity contribution in [3.63, 3.8) is 0 Å². The summed E-state index contributed by atoms with van der Waals surface area (Å²) in [5.74, 6) is -1.56. The topological polar surface area (TPSA) is 66.9 Å². The molecule has 1 aliphatic carbocycles. The first-order valence-electron chi connectivity index (χ1n) is 6.48. The number of aromatic nitrogens is 2. The highest BCUT2D eigenvalue weighted by molar-refractivity contribution is 6.02. The molecule has 1 aliphatic rings. The van der Waals surface area contributed by atoms with Crippen molar-refractivity contribution in [1.82, 2.24) is 10.2 Å². The first-order chi connectivity index (χ1) is 10.1. The van der Waals surface area contributed by atoms with E-state index in [2.05, 4.69) is 20.8 Å². The third kappa shape index (κ3) is 3.31. The van der Waals surface area contributed by atoms with Crippen molar-refractivity contribution in [3.8, 4) is 0 Å². The van der Waals surface area contributed by atoms with Gasteiger partial charge in [0.25, 0.3) is 5.91 Å². The number of halogens is 2. The zero-order chi connectivity index (χ0) is 14.8.